The van der Waals surface area contributed by atoms with Gasteiger partial charge < -0.3 is 0 Å². The minimum atomic E-state index is -0.462. The van der Waals surface area contributed by atoms with Gasteiger partial charge in [0.2, 0.25) is 5.91 Å². The number of nitrogens with one attached hydrogen (secondary N) is 1. The van der Waals surface area contributed by atoms with Gasteiger partial charge in [0.15, 0.2) is 0 Å². The molecule has 0 saturated heterocycles. The van der Waals surface area contributed by atoms with Crippen molar-refractivity contribution in [2.75, 3.05) is 0 Å². The number of carbonyl (C=O) groups excluding carboxylic acids is 1. The fourth-order valence-corrected chi connectivity index (χ4v) is 2.14. The molecule has 0 aliphatic carbocycles. The number of hydrazone groups is 1. The molecule has 0 fully saturated rings. The smallest absolute Gasteiger partial charge is 0.240 e. The summed E-state index contributed by atoms with van der Waals surface area (Å²) in [5.41, 5.74) is 2.57. The van der Waals surface area contributed by atoms with Crippen molar-refractivity contribution >= 4 is 23.7 Å². The zero-order chi connectivity index (χ0) is 15.5. The minimum absolute atomic E-state index is 0.158. The zero-order valence-corrected chi connectivity index (χ0v) is 13.1. The summed E-state index contributed by atoms with van der Waals surface area (Å²) in [6, 6.07) is 4.39. The molecule has 1 aromatic rings. The van der Waals surface area contributed by atoms with Crippen molar-refractivity contribution in [3.8, 4) is 0 Å². The van der Waals surface area contributed by atoms with Gasteiger partial charge in [0.1, 0.15) is 5.82 Å². The number of benzene rings is 1. The maximum absolute atomic E-state index is 13.4. The lowest BCUT2D eigenvalue weighted by molar-refractivity contribution is -0.121. The molecule has 0 unspecified atom stereocenters. The largest absolute Gasteiger partial charge is 0.273 e. The van der Waals surface area contributed by atoms with Crippen LogP contribution in [0.4, 0.5) is 4.39 Å². The Balaban J connectivity index is 2.25. The van der Waals surface area contributed by atoms with Gasteiger partial charge in [-0.1, -0.05) is 56.7 Å². The molecular formula is C16H22ClFN2O. The number of nitrogens with zero attached hydrogens (tertiary/aromatic N) is 1. The molecule has 0 aliphatic rings. The van der Waals surface area contributed by atoms with Crippen LogP contribution in [0.3, 0.4) is 0 Å². The fourth-order valence-electron chi connectivity index (χ4n) is 1.92. The SMILES string of the molecule is CCCCCCCCC(=O)NN=Cc1c(F)cccc1Cl. The summed E-state index contributed by atoms with van der Waals surface area (Å²) >= 11 is 5.84. The highest BCUT2D eigenvalue weighted by Gasteiger charge is 2.04. The van der Waals surface area contributed by atoms with Crippen molar-refractivity contribution in [2.45, 2.75) is 51.9 Å². The zero-order valence-electron chi connectivity index (χ0n) is 12.4. The van der Waals surface area contributed by atoms with Crippen LogP contribution in [0.1, 0.15) is 57.4 Å². The van der Waals surface area contributed by atoms with Gasteiger partial charge in [-0.15, -0.1) is 0 Å². The van der Waals surface area contributed by atoms with E-state index in [1.54, 1.807) is 6.07 Å². The Morgan fingerprint density at radius 2 is 2.00 bits per heavy atom. The second-order valence-corrected chi connectivity index (χ2v) is 5.35. The number of carbonyl (C=O) groups is 1. The van der Waals surface area contributed by atoms with E-state index in [1.807, 2.05) is 0 Å². The van der Waals surface area contributed by atoms with E-state index in [0.717, 1.165) is 19.3 Å². The fraction of sp³-hybridized carbons (Fsp3) is 0.500. The second kappa shape index (κ2) is 10.3. The molecular weight excluding hydrogens is 291 g/mol. The van der Waals surface area contributed by atoms with E-state index in [0.29, 0.717) is 6.42 Å². The van der Waals surface area contributed by atoms with Gasteiger partial charge in [0.05, 0.1) is 11.2 Å². The van der Waals surface area contributed by atoms with Gasteiger partial charge in [-0.2, -0.15) is 5.10 Å². The Labute approximate surface area is 130 Å². The van der Waals surface area contributed by atoms with E-state index in [1.165, 1.54) is 37.6 Å². The average molecular weight is 313 g/mol. The third kappa shape index (κ3) is 7.23. The van der Waals surface area contributed by atoms with Gasteiger partial charge in [-0.25, -0.2) is 9.82 Å². The molecule has 0 aliphatic heterocycles. The summed E-state index contributed by atoms with van der Waals surface area (Å²) in [6.45, 7) is 2.17. The maximum atomic E-state index is 13.4. The lowest BCUT2D eigenvalue weighted by Crippen LogP contribution is -2.17. The highest BCUT2D eigenvalue weighted by molar-refractivity contribution is 6.33. The number of hydrogen-bond acceptors (Lipinski definition) is 2. The van der Waals surface area contributed by atoms with E-state index in [2.05, 4.69) is 17.5 Å². The van der Waals surface area contributed by atoms with Gasteiger partial charge in [0.25, 0.3) is 0 Å². The highest BCUT2D eigenvalue weighted by atomic mass is 35.5. The molecule has 0 spiro atoms. The van der Waals surface area contributed by atoms with Gasteiger partial charge in [-0.05, 0) is 18.6 Å². The Hall–Kier alpha value is -1.42. The van der Waals surface area contributed by atoms with Crippen LogP contribution in [0.5, 0.6) is 0 Å². The summed E-state index contributed by atoms with van der Waals surface area (Å²) in [5, 5.41) is 4.01. The minimum Gasteiger partial charge on any atom is -0.273 e. The van der Waals surface area contributed by atoms with Crippen LogP contribution >= 0.6 is 11.6 Å². The van der Waals surface area contributed by atoms with Crippen LogP contribution in [0.25, 0.3) is 0 Å². The Bertz CT molecular complexity index is 457. The molecule has 0 bridgehead atoms. The molecule has 3 nitrogen and oxygen atoms in total. The molecule has 0 saturated carbocycles. The quantitative estimate of drug-likeness (QED) is 0.401. The van der Waals surface area contributed by atoms with E-state index in [-0.39, 0.29) is 16.5 Å². The Morgan fingerprint density at radius 3 is 2.71 bits per heavy atom. The van der Waals surface area contributed by atoms with E-state index in [4.69, 9.17) is 11.6 Å². The average Bonchev–Trinajstić information content (AvgIpc) is 2.46. The number of rotatable bonds is 9. The molecule has 0 radical (unpaired) electrons. The molecule has 116 valence electrons. The lowest BCUT2D eigenvalue weighted by atomic mass is 10.1. The predicted octanol–water partition coefficient (Wildman–Crippen LogP) is 4.68. The summed E-state index contributed by atoms with van der Waals surface area (Å²) in [6.07, 6.45) is 8.43. The topological polar surface area (TPSA) is 41.5 Å². The van der Waals surface area contributed by atoms with Gasteiger partial charge in [0, 0.05) is 12.0 Å². The third-order valence-corrected chi connectivity index (χ3v) is 3.47. The maximum Gasteiger partial charge on any atom is 0.240 e. The Kier molecular flexibility index (Phi) is 8.67. The van der Waals surface area contributed by atoms with Crippen LogP contribution in [0, 0.1) is 5.82 Å². The predicted molar refractivity (Wildman–Crippen MR) is 85.1 cm³/mol. The number of halogens is 2. The van der Waals surface area contributed by atoms with Crippen molar-refractivity contribution in [1.29, 1.82) is 0 Å². The van der Waals surface area contributed by atoms with Crippen molar-refractivity contribution in [3.05, 3.63) is 34.6 Å². The summed E-state index contributed by atoms with van der Waals surface area (Å²) in [4.78, 5) is 11.5. The van der Waals surface area contributed by atoms with E-state index < -0.39 is 5.82 Å². The summed E-state index contributed by atoms with van der Waals surface area (Å²) in [5.74, 6) is -0.620. The van der Waals surface area contributed by atoms with Crippen LogP contribution in [-0.2, 0) is 4.79 Å². The first-order valence-electron chi connectivity index (χ1n) is 7.41. The molecule has 1 amide bonds. The molecule has 0 aromatic heterocycles. The van der Waals surface area contributed by atoms with Crippen LogP contribution < -0.4 is 5.43 Å². The first-order valence-corrected chi connectivity index (χ1v) is 7.79. The third-order valence-electron chi connectivity index (χ3n) is 3.14. The molecule has 1 aromatic carbocycles. The van der Waals surface area contributed by atoms with Gasteiger partial charge in [-0.3, -0.25) is 4.79 Å². The number of unbranched alkanes of at least 4 members (excludes halogenated alkanes) is 5. The van der Waals surface area contributed by atoms with Crippen LogP contribution in [-0.4, -0.2) is 12.1 Å². The normalized spacial score (nSPS) is 11.0. The van der Waals surface area contributed by atoms with Gasteiger partial charge >= 0.3 is 0 Å². The van der Waals surface area contributed by atoms with E-state index in [9.17, 15) is 9.18 Å². The van der Waals surface area contributed by atoms with E-state index >= 15 is 0 Å². The van der Waals surface area contributed by atoms with Crippen LogP contribution in [0.15, 0.2) is 23.3 Å². The Morgan fingerprint density at radius 1 is 1.29 bits per heavy atom. The lowest BCUT2D eigenvalue weighted by Gasteiger charge is -2.02. The molecule has 0 atom stereocenters. The van der Waals surface area contributed by atoms with Crippen molar-refractivity contribution in [2.24, 2.45) is 5.10 Å². The molecule has 1 N–H and O–H groups in total. The van der Waals surface area contributed by atoms with Crippen molar-refractivity contribution in [3.63, 3.8) is 0 Å². The molecule has 1 rings (SSSR count). The number of amides is 1. The van der Waals surface area contributed by atoms with Crippen LogP contribution in [0.2, 0.25) is 5.02 Å². The monoisotopic (exact) mass is 312 g/mol. The number of hydrogen-bond donors (Lipinski definition) is 1. The highest BCUT2D eigenvalue weighted by Crippen LogP contribution is 2.16. The van der Waals surface area contributed by atoms with Crippen molar-refractivity contribution < 1.29 is 9.18 Å². The summed E-state index contributed by atoms with van der Waals surface area (Å²) in [7, 11) is 0. The first-order chi connectivity index (χ1) is 10.1. The first kappa shape index (κ1) is 17.6. The standard InChI is InChI=1S/C16H22ClFN2O/c1-2-3-4-5-6-7-11-16(21)20-19-12-13-14(17)9-8-10-15(13)18/h8-10,12H,2-7,11H2,1H3,(H,20,21). The molecule has 21 heavy (non-hydrogen) atoms. The second-order valence-electron chi connectivity index (χ2n) is 4.95. The molecule has 5 heteroatoms. The molecule has 0 heterocycles. The summed E-state index contributed by atoms with van der Waals surface area (Å²) < 4.78 is 13.4. The van der Waals surface area contributed by atoms with Crippen molar-refractivity contribution in [1.82, 2.24) is 5.43 Å².